The van der Waals surface area contributed by atoms with E-state index in [1.165, 1.54) is 51.4 Å². The van der Waals surface area contributed by atoms with Gasteiger partial charge in [-0.1, -0.05) is 96.7 Å². The van der Waals surface area contributed by atoms with Crippen LogP contribution in [-0.4, -0.2) is 22.0 Å². The van der Waals surface area contributed by atoms with Gasteiger partial charge < -0.3 is 4.74 Å². The van der Waals surface area contributed by atoms with Gasteiger partial charge in [0.15, 0.2) is 0 Å². The molecule has 0 heterocycles. The van der Waals surface area contributed by atoms with Crippen molar-refractivity contribution in [2.24, 2.45) is 5.41 Å². The van der Waals surface area contributed by atoms with E-state index in [2.05, 4.69) is 39.1 Å². The summed E-state index contributed by atoms with van der Waals surface area (Å²) >= 11 is 14.0. The molecule has 0 saturated heterocycles. The minimum Gasteiger partial charge on any atom is -0.465 e. The van der Waals surface area contributed by atoms with Gasteiger partial charge in [-0.25, -0.2) is 0 Å². The molecule has 0 spiro atoms. The molecule has 0 aromatic rings. The monoisotopic (exact) mass is 420 g/mol. The van der Waals surface area contributed by atoms with Crippen molar-refractivity contribution in [3.05, 3.63) is 0 Å². The minimum atomic E-state index is -0.685. The van der Waals surface area contributed by atoms with Crippen LogP contribution in [0.3, 0.4) is 0 Å². The third-order valence-corrected chi connectivity index (χ3v) is 6.78. The smallest absolute Gasteiger partial charge is 0.313 e. The lowest BCUT2D eigenvalue weighted by atomic mass is 9.81. The van der Waals surface area contributed by atoms with E-state index in [0.29, 0.717) is 10.8 Å². The van der Waals surface area contributed by atoms with E-state index in [9.17, 15) is 4.79 Å². The quantitative estimate of drug-likeness (QED) is 0.113. The molecule has 0 aliphatic rings. The molecule has 2 atom stereocenters. The second-order valence-corrected chi connectivity index (χ2v) is 9.32. The highest BCUT2D eigenvalue weighted by Crippen LogP contribution is 2.35. The Morgan fingerprint density at radius 3 is 1.85 bits per heavy atom. The van der Waals surface area contributed by atoms with Gasteiger partial charge in [0.2, 0.25) is 0 Å². The highest BCUT2D eigenvalue weighted by molar-refractivity contribution is 8.13. The van der Waals surface area contributed by atoms with E-state index in [0.717, 1.165) is 32.1 Å². The lowest BCUT2D eigenvalue weighted by Gasteiger charge is -2.32. The summed E-state index contributed by atoms with van der Waals surface area (Å²) in [6.45, 7) is 6.74. The van der Waals surface area contributed by atoms with E-state index in [-0.39, 0.29) is 11.2 Å². The third-order valence-electron chi connectivity index (χ3n) is 5.08. The predicted octanol–water partition coefficient (Wildman–Crippen LogP) is 7.20. The van der Waals surface area contributed by atoms with Crippen LogP contribution in [-0.2, 0) is 9.53 Å². The van der Waals surface area contributed by atoms with Crippen molar-refractivity contribution in [2.45, 2.75) is 109 Å². The standard InChI is InChI=1S/C21H40O2S3/c1-4-6-8-9-10-11-12-13-14-15-16-21(3,18(24)19(25)26)20(22)23-17-7-5-2/h18,24H,4-17H2,1-3H3,(H,25,26). The Bertz CT molecular complexity index is 387. The first-order chi connectivity index (χ1) is 12.4. The highest BCUT2D eigenvalue weighted by atomic mass is 32.1. The molecule has 0 radical (unpaired) electrons. The molecular weight excluding hydrogens is 380 g/mol. The van der Waals surface area contributed by atoms with Crippen LogP contribution in [0.2, 0.25) is 0 Å². The zero-order chi connectivity index (χ0) is 19.8. The van der Waals surface area contributed by atoms with Gasteiger partial charge in [-0.2, -0.15) is 12.6 Å². The van der Waals surface area contributed by atoms with Gasteiger partial charge in [0.05, 0.1) is 21.5 Å². The zero-order valence-electron chi connectivity index (χ0n) is 17.1. The summed E-state index contributed by atoms with van der Waals surface area (Å²) < 4.78 is 5.95. The summed E-state index contributed by atoms with van der Waals surface area (Å²) in [6, 6.07) is 0. The lowest BCUT2D eigenvalue weighted by molar-refractivity contribution is -0.154. The zero-order valence-corrected chi connectivity index (χ0v) is 19.7. The SMILES string of the molecule is CCCCCCCCCCCCC(C)(C(=O)OCCCC)C(S)C(=S)S. The van der Waals surface area contributed by atoms with Gasteiger partial charge in [0, 0.05) is 0 Å². The molecule has 0 aliphatic heterocycles. The molecule has 0 amide bonds. The Balaban J connectivity index is 4.19. The number of esters is 1. The Hall–Kier alpha value is 0.260. The first-order valence-electron chi connectivity index (χ1n) is 10.5. The summed E-state index contributed by atoms with van der Waals surface area (Å²) in [5, 5.41) is -0.353. The van der Waals surface area contributed by atoms with Crippen molar-refractivity contribution in [3.8, 4) is 0 Å². The number of rotatable bonds is 17. The molecule has 0 N–H and O–H groups in total. The van der Waals surface area contributed by atoms with Crippen LogP contribution >= 0.6 is 37.5 Å². The number of carbonyl (C=O) groups is 1. The summed E-state index contributed by atoms with van der Waals surface area (Å²) in [6.07, 6.45) is 15.4. The van der Waals surface area contributed by atoms with E-state index in [4.69, 9.17) is 17.0 Å². The number of carbonyl (C=O) groups excluding carboxylic acids is 1. The van der Waals surface area contributed by atoms with Gasteiger partial charge in [0.25, 0.3) is 0 Å². The molecule has 0 rings (SSSR count). The van der Waals surface area contributed by atoms with E-state index < -0.39 is 5.41 Å². The van der Waals surface area contributed by atoms with Gasteiger partial charge in [-0.15, -0.1) is 12.6 Å². The van der Waals surface area contributed by atoms with E-state index >= 15 is 0 Å². The third kappa shape index (κ3) is 11.2. The normalized spacial score (nSPS) is 14.7. The van der Waals surface area contributed by atoms with Crippen molar-refractivity contribution >= 4 is 47.6 Å². The van der Waals surface area contributed by atoms with Crippen LogP contribution in [0.1, 0.15) is 104 Å². The maximum Gasteiger partial charge on any atom is 0.313 e. The van der Waals surface area contributed by atoms with E-state index in [1.807, 2.05) is 6.92 Å². The molecular formula is C21H40O2S3. The maximum absolute atomic E-state index is 12.6. The molecule has 26 heavy (non-hydrogen) atoms. The largest absolute Gasteiger partial charge is 0.465 e. The number of hydrogen-bond donors (Lipinski definition) is 2. The number of unbranched alkanes of at least 4 members (excludes halogenated alkanes) is 10. The first-order valence-corrected chi connectivity index (χ1v) is 11.8. The Morgan fingerprint density at radius 2 is 1.38 bits per heavy atom. The molecule has 0 bridgehead atoms. The molecule has 2 unspecified atom stereocenters. The first kappa shape index (κ1) is 26.3. The fourth-order valence-electron chi connectivity index (χ4n) is 3.08. The second-order valence-electron chi connectivity index (χ2n) is 7.58. The van der Waals surface area contributed by atoms with Crippen LogP contribution in [0.5, 0.6) is 0 Å². The number of hydrogen-bond acceptors (Lipinski definition) is 4. The molecule has 0 fully saturated rings. The fraction of sp³-hybridized carbons (Fsp3) is 0.905. The van der Waals surface area contributed by atoms with Crippen LogP contribution in [0.4, 0.5) is 0 Å². The molecule has 0 saturated carbocycles. The van der Waals surface area contributed by atoms with Crippen LogP contribution in [0.25, 0.3) is 0 Å². The van der Waals surface area contributed by atoms with Gasteiger partial charge in [-0.05, 0) is 19.8 Å². The maximum atomic E-state index is 12.6. The van der Waals surface area contributed by atoms with Crippen molar-refractivity contribution in [2.75, 3.05) is 6.61 Å². The van der Waals surface area contributed by atoms with E-state index in [1.54, 1.807) is 0 Å². The summed E-state index contributed by atoms with van der Waals surface area (Å²) in [4.78, 5) is 12.6. The van der Waals surface area contributed by atoms with Crippen molar-refractivity contribution < 1.29 is 9.53 Å². The fourth-order valence-corrected chi connectivity index (χ4v) is 3.86. The number of ether oxygens (including phenoxy) is 1. The summed E-state index contributed by atoms with van der Waals surface area (Å²) in [5.74, 6) is -0.182. The van der Waals surface area contributed by atoms with Crippen molar-refractivity contribution in [1.29, 1.82) is 0 Å². The molecule has 0 aliphatic carbocycles. The van der Waals surface area contributed by atoms with Gasteiger partial charge in [0.1, 0.15) is 0 Å². The number of thiol groups is 2. The van der Waals surface area contributed by atoms with Crippen LogP contribution in [0, 0.1) is 5.41 Å². The average molecular weight is 421 g/mol. The molecule has 0 aromatic carbocycles. The molecule has 0 aromatic heterocycles. The predicted molar refractivity (Wildman–Crippen MR) is 125 cm³/mol. The van der Waals surface area contributed by atoms with Crippen molar-refractivity contribution in [3.63, 3.8) is 0 Å². The summed E-state index contributed by atoms with van der Waals surface area (Å²) in [7, 11) is 0. The Kier molecular flexibility index (Phi) is 16.4. The Morgan fingerprint density at radius 1 is 0.923 bits per heavy atom. The molecule has 154 valence electrons. The van der Waals surface area contributed by atoms with Gasteiger partial charge in [-0.3, -0.25) is 4.79 Å². The van der Waals surface area contributed by atoms with Gasteiger partial charge >= 0.3 is 5.97 Å². The topological polar surface area (TPSA) is 26.3 Å². The minimum absolute atomic E-state index is 0.182. The number of thiocarbonyl (C=S) groups is 1. The Labute approximate surface area is 178 Å². The lowest BCUT2D eigenvalue weighted by Crippen LogP contribution is -2.41. The molecule has 2 nitrogen and oxygen atoms in total. The van der Waals surface area contributed by atoms with Crippen LogP contribution in [0.15, 0.2) is 0 Å². The van der Waals surface area contributed by atoms with Crippen LogP contribution < -0.4 is 0 Å². The average Bonchev–Trinajstić information content (AvgIpc) is 2.62. The van der Waals surface area contributed by atoms with Crippen molar-refractivity contribution in [1.82, 2.24) is 0 Å². The highest BCUT2D eigenvalue weighted by Gasteiger charge is 2.41. The summed E-state index contributed by atoms with van der Waals surface area (Å²) in [5.41, 5.74) is -0.685. The molecule has 5 heteroatoms. The second kappa shape index (κ2) is 16.2.